The first-order chi connectivity index (χ1) is 15.6. The Labute approximate surface area is 196 Å². The van der Waals surface area contributed by atoms with Crippen molar-refractivity contribution < 1.29 is 19.2 Å². The highest BCUT2D eigenvalue weighted by atomic mass is 16.2. The molecule has 1 aliphatic heterocycles. The molecule has 3 saturated carbocycles. The van der Waals surface area contributed by atoms with Gasteiger partial charge in [0.25, 0.3) is 5.91 Å². The average molecular weight is 461 g/mol. The summed E-state index contributed by atoms with van der Waals surface area (Å²) in [5.74, 6) is -1.54. The Hall–Kier alpha value is -1.96. The molecule has 8 heteroatoms. The van der Waals surface area contributed by atoms with Crippen LogP contribution in [0.15, 0.2) is 0 Å². The molecule has 0 aromatic carbocycles. The quantitative estimate of drug-likeness (QED) is 0.472. The van der Waals surface area contributed by atoms with E-state index in [-0.39, 0.29) is 35.0 Å². The fourth-order valence-electron chi connectivity index (χ4n) is 6.62. The van der Waals surface area contributed by atoms with E-state index in [2.05, 4.69) is 19.2 Å². The summed E-state index contributed by atoms with van der Waals surface area (Å²) in [4.78, 5) is 52.9. The van der Waals surface area contributed by atoms with E-state index in [1.807, 2.05) is 0 Å². The second kappa shape index (κ2) is 9.35. The Morgan fingerprint density at radius 2 is 1.70 bits per heavy atom. The summed E-state index contributed by atoms with van der Waals surface area (Å²) >= 11 is 0. The van der Waals surface area contributed by atoms with Crippen LogP contribution in [0.25, 0.3) is 0 Å². The molecule has 33 heavy (non-hydrogen) atoms. The fraction of sp³-hybridized carbons (Fsp3) is 0.840. The highest BCUT2D eigenvalue weighted by Crippen LogP contribution is 2.53. The number of carbonyl (C=O) groups excluding carboxylic acids is 4. The Kier molecular flexibility index (Phi) is 6.85. The smallest absolute Gasteiger partial charge is 0.287 e. The summed E-state index contributed by atoms with van der Waals surface area (Å²) < 4.78 is 0. The Bertz CT molecular complexity index is 802. The van der Waals surface area contributed by atoms with Gasteiger partial charge in [-0.2, -0.15) is 0 Å². The molecule has 1 unspecified atom stereocenters. The molecule has 5 atom stereocenters. The van der Waals surface area contributed by atoms with Crippen molar-refractivity contribution in [2.45, 2.75) is 96.2 Å². The Morgan fingerprint density at radius 3 is 2.30 bits per heavy atom. The number of carbonyl (C=O) groups is 4. The van der Waals surface area contributed by atoms with Crippen molar-refractivity contribution in [1.29, 1.82) is 0 Å². The van der Waals surface area contributed by atoms with Gasteiger partial charge < -0.3 is 21.7 Å². The molecular weight excluding hydrogens is 420 g/mol. The number of nitrogens with zero attached hydrogens (tertiary/aromatic N) is 1. The molecule has 0 radical (unpaired) electrons. The Morgan fingerprint density at radius 1 is 1.03 bits per heavy atom. The second-order valence-corrected chi connectivity index (χ2v) is 11.6. The van der Waals surface area contributed by atoms with E-state index in [0.29, 0.717) is 18.9 Å². The molecule has 1 saturated heterocycles. The van der Waals surface area contributed by atoms with Gasteiger partial charge in [0.2, 0.25) is 17.6 Å². The number of ketones is 1. The van der Waals surface area contributed by atoms with Gasteiger partial charge in [0, 0.05) is 6.54 Å². The first-order valence-electron chi connectivity index (χ1n) is 12.8. The number of amides is 3. The number of nitrogens with one attached hydrogen (secondary N) is 1. The number of Topliss-reactive ketones (excluding diaryl/α,β-unsaturated/α-hetero) is 1. The minimum absolute atomic E-state index is 0.0314. The lowest BCUT2D eigenvalue weighted by atomic mass is 9.79. The first-order valence-corrected chi connectivity index (χ1v) is 12.8. The third-order valence-corrected chi connectivity index (χ3v) is 8.91. The number of fused-ring (bicyclic) bond motifs is 1. The van der Waals surface area contributed by atoms with Gasteiger partial charge in [0.1, 0.15) is 6.04 Å². The van der Waals surface area contributed by atoms with Crippen LogP contribution in [-0.2, 0) is 19.2 Å². The number of rotatable bonds is 8. The maximum absolute atomic E-state index is 13.6. The van der Waals surface area contributed by atoms with Gasteiger partial charge in [0.15, 0.2) is 0 Å². The van der Waals surface area contributed by atoms with Crippen molar-refractivity contribution in [3.63, 3.8) is 0 Å². The van der Waals surface area contributed by atoms with Gasteiger partial charge >= 0.3 is 0 Å². The molecule has 0 spiro atoms. The highest BCUT2D eigenvalue weighted by Gasteiger charge is 2.56. The predicted octanol–water partition coefficient (Wildman–Crippen LogP) is 1.50. The molecule has 8 nitrogen and oxygen atoms in total. The number of nitrogens with two attached hydrogens (primary N) is 2. The number of hydrogen-bond donors (Lipinski definition) is 3. The average Bonchev–Trinajstić information content (AvgIpc) is 3.44. The van der Waals surface area contributed by atoms with E-state index in [4.69, 9.17) is 11.5 Å². The van der Waals surface area contributed by atoms with E-state index < -0.39 is 29.8 Å². The summed E-state index contributed by atoms with van der Waals surface area (Å²) in [6, 6.07) is -2.17. The van der Waals surface area contributed by atoms with E-state index in [0.717, 1.165) is 51.4 Å². The van der Waals surface area contributed by atoms with Crippen LogP contribution in [0.4, 0.5) is 0 Å². The topological polar surface area (TPSA) is 136 Å². The first kappa shape index (κ1) is 24.2. The van der Waals surface area contributed by atoms with Crippen LogP contribution >= 0.6 is 0 Å². The minimum Gasteiger partial charge on any atom is -0.363 e. The summed E-state index contributed by atoms with van der Waals surface area (Å²) in [6.07, 6.45) is 9.51. The van der Waals surface area contributed by atoms with Gasteiger partial charge in [-0.15, -0.1) is 0 Å². The standard InChI is InChI=1S/C25H40N4O4/c1-25(2)11-10-16-17(25)13-29(24(33)19(26)15-6-4-3-5-7-15)20(16)23(32)28-18(12-14-8-9-14)21(30)22(27)31/h14-20H,3-13,26H2,1-2H3,(H2,27,31)(H,28,32)/t16-,17-,18?,19-,20-/m0/s1. The van der Waals surface area contributed by atoms with Crippen molar-refractivity contribution in [2.75, 3.05) is 6.54 Å². The molecule has 3 amide bonds. The zero-order valence-electron chi connectivity index (χ0n) is 20.1. The highest BCUT2D eigenvalue weighted by molar-refractivity contribution is 6.37. The lowest BCUT2D eigenvalue weighted by Crippen LogP contribution is -2.57. The van der Waals surface area contributed by atoms with Crippen LogP contribution in [0.5, 0.6) is 0 Å². The van der Waals surface area contributed by atoms with Crippen LogP contribution in [0.1, 0.15) is 78.1 Å². The normalized spacial score (nSPS) is 31.0. The van der Waals surface area contributed by atoms with Gasteiger partial charge in [0.05, 0.1) is 12.1 Å². The van der Waals surface area contributed by atoms with Crippen LogP contribution < -0.4 is 16.8 Å². The van der Waals surface area contributed by atoms with Gasteiger partial charge in [-0.25, -0.2) is 0 Å². The van der Waals surface area contributed by atoms with E-state index in [9.17, 15) is 19.2 Å². The molecule has 1 heterocycles. The van der Waals surface area contributed by atoms with Gasteiger partial charge in [-0.1, -0.05) is 46.0 Å². The zero-order valence-corrected chi connectivity index (χ0v) is 20.1. The fourth-order valence-corrected chi connectivity index (χ4v) is 6.62. The van der Waals surface area contributed by atoms with Crippen LogP contribution in [0, 0.1) is 29.1 Å². The van der Waals surface area contributed by atoms with E-state index in [1.165, 1.54) is 6.42 Å². The maximum atomic E-state index is 13.6. The maximum Gasteiger partial charge on any atom is 0.287 e. The van der Waals surface area contributed by atoms with Gasteiger partial charge in [-0.3, -0.25) is 19.2 Å². The van der Waals surface area contributed by atoms with Crippen molar-refractivity contribution in [3.8, 4) is 0 Å². The van der Waals surface area contributed by atoms with Crippen molar-refractivity contribution in [3.05, 3.63) is 0 Å². The molecule has 0 bridgehead atoms. The van der Waals surface area contributed by atoms with E-state index in [1.54, 1.807) is 4.90 Å². The lowest BCUT2D eigenvalue weighted by Gasteiger charge is -2.34. The molecule has 4 rings (SSSR count). The third kappa shape index (κ3) is 4.96. The molecule has 184 valence electrons. The van der Waals surface area contributed by atoms with Crippen LogP contribution in [0.2, 0.25) is 0 Å². The largest absolute Gasteiger partial charge is 0.363 e. The summed E-state index contributed by atoms with van der Waals surface area (Å²) in [5, 5.41) is 2.83. The third-order valence-electron chi connectivity index (χ3n) is 8.91. The number of hydrogen-bond acceptors (Lipinski definition) is 5. The van der Waals surface area contributed by atoms with Crippen LogP contribution in [0.3, 0.4) is 0 Å². The van der Waals surface area contributed by atoms with E-state index >= 15 is 0 Å². The molecule has 5 N–H and O–H groups in total. The molecule has 0 aromatic heterocycles. The SMILES string of the molecule is CC1(C)CC[C@@H]2[C@@H](C(=O)NC(CC3CC3)C(=O)C(N)=O)N(C(=O)[C@@H](N)C3CCCCC3)C[C@@H]21. The van der Waals surface area contributed by atoms with Crippen molar-refractivity contribution in [2.24, 2.45) is 40.6 Å². The molecule has 4 aliphatic rings. The molecule has 3 aliphatic carbocycles. The number of primary amides is 1. The number of likely N-dealkylation sites (tertiary alicyclic amines) is 1. The summed E-state index contributed by atoms with van der Waals surface area (Å²) in [5.41, 5.74) is 11.8. The predicted molar refractivity (Wildman–Crippen MR) is 124 cm³/mol. The molecule has 0 aromatic rings. The molecule has 4 fully saturated rings. The Balaban J connectivity index is 1.55. The zero-order chi connectivity index (χ0) is 23.9. The minimum atomic E-state index is -1.03. The summed E-state index contributed by atoms with van der Waals surface area (Å²) in [7, 11) is 0. The van der Waals surface area contributed by atoms with Gasteiger partial charge in [-0.05, 0) is 61.2 Å². The monoisotopic (exact) mass is 460 g/mol. The molecular formula is C25H40N4O4. The van der Waals surface area contributed by atoms with Crippen molar-refractivity contribution >= 4 is 23.5 Å². The van der Waals surface area contributed by atoms with Crippen molar-refractivity contribution in [1.82, 2.24) is 10.2 Å². The van der Waals surface area contributed by atoms with Crippen LogP contribution in [-0.4, -0.2) is 53.1 Å². The second-order valence-electron chi connectivity index (χ2n) is 11.6. The lowest BCUT2D eigenvalue weighted by molar-refractivity contribution is -0.143. The summed E-state index contributed by atoms with van der Waals surface area (Å²) in [6.45, 7) is 4.93.